The van der Waals surface area contributed by atoms with E-state index in [9.17, 15) is 17.6 Å². The molecule has 2 N–H and O–H groups in total. The zero-order valence-electron chi connectivity index (χ0n) is 15.5. The second-order valence-corrected chi connectivity index (χ2v) is 8.96. The lowest BCUT2D eigenvalue weighted by Crippen LogP contribution is -2.62. The average Bonchev–Trinajstić information content (AvgIpc) is 2.73. The number of piperazine rings is 1. The first-order valence-corrected chi connectivity index (χ1v) is 10.3. The van der Waals surface area contributed by atoms with Crippen molar-refractivity contribution < 1.29 is 27.5 Å². The molecule has 0 atom stereocenters. The number of sulfonamides is 1. The van der Waals surface area contributed by atoms with E-state index in [1.807, 2.05) is 4.90 Å². The molecule has 2 heterocycles. The molecule has 0 radical (unpaired) electrons. The zero-order valence-corrected chi connectivity index (χ0v) is 17.1. The first kappa shape index (κ1) is 23.3. The molecule has 0 bridgehead atoms. The maximum atomic E-state index is 13.9. The van der Waals surface area contributed by atoms with Crippen molar-refractivity contribution in [2.45, 2.75) is 17.6 Å². The van der Waals surface area contributed by atoms with Gasteiger partial charge in [0.25, 0.3) is 5.91 Å². The van der Waals surface area contributed by atoms with Gasteiger partial charge < -0.3 is 9.64 Å². The lowest BCUT2D eigenvalue weighted by Gasteiger charge is -2.42. The van der Waals surface area contributed by atoms with Gasteiger partial charge in [0.2, 0.25) is 10.0 Å². The third kappa shape index (κ3) is 4.17. The summed E-state index contributed by atoms with van der Waals surface area (Å²) in [6.07, 6.45) is -0.0778. The number of rotatable bonds is 4. The molecular weight excluding hydrogens is 427 g/mol. The van der Waals surface area contributed by atoms with Crippen LogP contribution in [-0.4, -0.2) is 68.0 Å². The number of ether oxygens (including phenoxy) is 1. The summed E-state index contributed by atoms with van der Waals surface area (Å²) in [4.78, 5) is 14.1. The van der Waals surface area contributed by atoms with Crippen LogP contribution in [0.15, 0.2) is 18.2 Å². The number of amides is 1. The standard InChI is InChI=1S/C17H21FN4O5S.ClH/c18-15-11-14(2-1-13(15)12-19)21-5-7-22(8-6-21)28(25,26)17(16(23)20-24)3-9-27-10-4-17;/h1-2,11,24H,3-10H2,(H,20,23);1H. The van der Waals surface area contributed by atoms with Gasteiger partial charge in [-0.3, -0.25) is 10.0 Å². The van der Waals surface area contributed by atoms with Crippen LogP contribution in [0.5, 0.6) is 0 Å². The molecule has 12 heteroatoms. The molecule has 2 fully saturated rings. The third-order valence-electron chi connectivity index (χ3n) is 5.33. The fourth-order valence-electron chi connectivity index (χ4n) is 3.63. The molecule has 9 nitrogen and oxygen atoms in total. The fourth-order valence-corrected chi connectivity index (χ4v) is 5.73. The van der Waals surface area contributed by atoms with Crippen LogP contribution in [0.2, 0.25) is 0 Å². The van der Waals surface area contributed by atoms with E-state index in [4.69, 9.17) is 15.2 Å². The molecule has 1 amide bonds. The Morgan fingerprint density at radius 1 is 1.24 bits per heavy atom. The van der Waals surface area contributed by atoms with E-state index in [1.54, 1.807) is 12.1 Å². The van der Waals surface area contributed by atoms with E-state index in [0.717, 1.165) is 0 Å². The monoisotopic (exact) mass is 448 g/mol. The van der Waals surface area contributed by atoms with Gasteiger partial charge >= 0.3 is 0 Å². The van der Waals surface area contributed by atoms with E-state index >= 15 is 0 Å². The fraction of sp³-hybridized carbons (Fsp3) is 0.529. The number of carbonyl (C=O) groups is 1. The molecule has 0 unspecified atom stereocenters. The molecule has 160 valence electrons. The Morgan fingerprint density at radius 2 is 1.86 bits per heavy atom. The number of halogens is 2. The Morgan fingerprint density at radius 3 is 2.38 bits per heavy atom. The summed E-state index contributed by atoms with van der Waals surface area (Å²) in [7, 11) is -4.05. The van der Waals surface area contributed by atoms with Crippen molar-refractivity contribution in [3.05, 3.63) is 29.6 Å². The molecule has 2 aliphatic rings. The first-order chi connectivity index (χ1) is 13.4. The van der Waals surface area contributed by atoms with Gasteiger partial charge in [-0.1, -0.05) is 0 Å². The summed E-state index contributed by atoms with van der Waals surface area (Å²) in [6, 6.07) is 6.01. The van der Waals surface area contributed by atoms with Crippen LogP contribution in [-0.2, 0) is 19.6 Å². The highest BCUT2D eigenvalue weighted by Gasteiger charge is 2.54. The number of nitrogens with one attached hydrogen (secondary N) is 1. The number of hydrogen-bond acceptors (Lipinski definition) is 7. The van der Waals surface area contributed by atoms with Crippen LogP contribution >= 0.6 is 12.4 Å². The van der Waals surface area contributed by atoms with E-state index in [-0.39, 0.29) is 57.1 Å². The molecule has 2 saturated heterocycles. The number of nitrogens with zero attached hydrogens (tertiary/aromatic N) is 3. The predicted octanol–water partition coefficient (Wildman–Crippen LogP) is 0.626. The SMILES string of the molecule is Cl.N#Cc1ccc(N2CCN(S(=O)(=O)C3(C(=O)NO)CCOCC3)CC2)cc1F. The van der Waals surface area contributed by atoms with Crippen molar-refractivity contribution in [1.82, 2.24) is 9.79 Å². The Balaban J connectivity index is 0.00000300. The molecule has 1 aromatic carbocycles. The van der Waals surface area contributed by atoms with Gasteiger partial charge in [0.15, 0.2) is 4.75 Å². The van der Waals surface area contributed by atoms with Gasteiger partial charge in [0, 0.05) is 57.9 Å². The smallest absolute Gasteiger partial charge is 0.266 e. The van der Waals surface area contributed by atoms with Gasteiger partial charge in [-0.2, -0.15) is 9.57 Å². The number of nitriles is 1. The lowest BCUT2D eigenvalue weighted by molar-refractivity contribution is -0.134. The molecule has 3 rings (SSSR count). The minimum absolute atomic E-state index is 0. The van der Waals surface area contributed by atoms with Gasteiger partial charge in [0.05, 0.1) is 5.56 Å². The summed E-state index contributed by atoms with van der Waals surface area (Å²) in [5.74, 6) is -1.58. The number of carbonyl (C=O) groups excluding carboxylic acids is 1. The predicted molar refractivity (Wildman–Crippen MR) is 104 cm³/mol. The van der Waals surface area contributed by atoms with E-state index < -0.39 is 26.5 Å². The number of hydroxylamine groups is 1. The normalized spacial score (nSPS) is 19.7. The minimum Gasteiger partial charge on any atom is -0.381 e. The maximum absolute atomic E-state index is 13.9. The maximum Gasteiger partial charge on any atom is 0.266 e. The highest BCUT2D eigenvalue weighted by Crippen LogP contribution is 2.34. The van der Waals surface area contributed by atoms with Gasteiger partial charge in [-0.25, -0.2) is 18.3 Å². The lowest BCUT2D eigenvalue weighted by atomic mass is 9.98. The van der Waals surface area contributed by atoms with Gasteiger partial charge in [-0.15, -0.1) is 12.4 Å². The molecule has 0 saturated carbocycles. The summed E-state index contributed by atoms with van der Waals surface area (Å²) in [5, 5.41) is 17.9. The summed E-state index contributed by atoms with van der Waals surface area (Å²) in [6.45, 7) is 1.06. The highest BCUT2D eigenvalue weighted by atomic mass is 35.5. The summed E-state index contributed by atoms with van der Waals surface area (Å²) in [5.41, 5.74) is 2.00. The van der Waals surface area contributed by atoms with Gasteiger partial charge in [0.1, 0.15) is 11.9 Å². The quantitative estimate of drug-likeness (QED) is 0.511. The van der Waals surface area contributed by atoms with Crippen molar-refractivity contribution in [2.75, 3.05) is 44.3 Å². The van der Waals surface area contributed by atoms with Crippen molar-refractivity contribution in [3.8, 4) is 6.07 Å². The van der Waals surface area contributed by atoms with Crippen LogP contribution in [0.3, 0.4) is 0 Å². The molecule has 0 aliphatic carbocycles. The molecule has 0 spiro atoms. The van der Waals surface area contributed by atoms with Crippen LogP contribution in [0.1, 0.15) is 18.4 Å². The van der Waals surface area contributed by atoms with E-state index in [0.29, 0.717) is 18.8 Å². The Bertz CT molecular complexity index is 894. The number of anilines is 1. The van der Waals surface area contributed by atoms with Crippen molar-refractivity contribution in [2.24, 2.45) is 0 Å². The Kier molecular flexibility index (Phi) is 7.42. The van der Waals surface area contributed by atoms with Crippen LogP contribution < -0.4 is 10.4 Å². The van der Waals surface area contributed by atoms with Gasteiger partial charge in [-0.05, 0) is 18.2 Å². The largest absolute Gasteiger partial charge is 0.381 e. The van der Waals surface area contributed by atoms with Crippen molar-refractivity contribution in [3.63, 3.8) is 0 Å². The van der Waals surface area contributed by atoms with E-state index in [2.05, 4.69) is 0 Å². The molecule has 29 heavy (non-hydrogen) atoms. The zero-order chi connectivity index (χ0) is 20.4. The molecule has 2 aliphatic heterocycles. The molecule has 1 aromatic rings. The molecular formula is C17H22ClFN4O5S. The van der Waals surface area contributed by atoms with Crippen LogP contribution in [0.25, 0.3) is 0 Å². The van der Waals surface area contributed by atoms with Crippen molar-refractivity contribution >= 4 is 34.0 Å². The van der Waals surface area contributed by atoms with Crippen molar-refractivity contribution in [1.29, 1.82) is 5.26 Å². The highest BCUT2D eigenvalue weighted by molar-refractivity contribution is 7.91. The van der Waals surface area contributed by atoms with Crippen LogP contribution in [0.4, 0.5) is 10.1 Å². The molecule has 0 aromatic heterocycles. The second kappa shape index (κ2) is 9.23. The van der Waals surface area contributed by atoms with E-state index in [1.165, 1.54) is 21.9 Å². The number of hydrogen-bond donors (Lipinski definition) is 2. The summed E-state index contributed by atoms with van der Waals surface area (Å²) < 4.78 is 45.0. The topological polar surface area (TPSA) is 123 Å². The average molecular weight is 449 g/mol. The Labute approximate surface area is 174 Å². The third-order valence-corrected chi connectivity index (χ3v) is 7.95. The summed E-state index contributed by atoms with van der Waals surface area (Å²) >= 11 is 0. The second-order valence-electron chi connectivity index (χ2n) is 6.71. The Hall–Kier alpha value is -1.97. The minimum atomic E-state index is -4.05. The first-order valence-electron chi connectivity index (χ1n) is 8.82. The van der Waals surface area contributed by atoms with Crippen LogP contribution in [0, 0.1) is 17.1 Å². The number of benzene rings is 1.